The summed E-state index contributed by atoms with van der Waals surface area (Å²) in [5.74, 6) is 1.27. The number of ether oxygens (including phenoxy) is 1. The summed E-state index contributed by atoms with van der Waals surface area (Å²) in [7, 11) is 3.58. The van der Waals surface area contributed by atoms with Crippen LogP contribution >= 0.6 is 0 Å². The summed E-state index contributed by atoms with van der Waals surface area (Å²) in [5, 5.41) is 5.20. The number of likely N-dealkylation sites (N-methyl/N-ethyl adjacent to an activating group) is 1. The maximum atomic E-state index is 13.3. The molecule has 3 heterocycles. The zero-order chi connectivity index (χ0) is 20.4. The average Bonchev–Trinajstić information content (AvgIpc) is 3.36. The number of benzene rings is 1. The molecule has 0 aliphatic rings. The first-order valence-corrected chi connectivity index (χ1v) is 9.36. The van der Waals surface area contributed by atoms with Crippen LogP contribution in [0.25, 0.3) is 22.5 Å². The Morgan fingerprint density at radius 1 is 1.21 bits per heavy atom. The number of amides is 1. The minimum atomic E-state index is -0.113. The van der Waals surface area contributed by atoms with Crippen molar-refractivity contribution in [2.45, 2.75) is 6.92 Å². The van der Waals surface area contributed by atoms with Gasteiger partial charge in [0.15, 0.2) is 11.4 Å². The average molecular weight is 390 g/mol. The molecule has 4 aromatic rings. The second-order valence-corrected chi connectivity index (χ2v) is 6.83. The first kappa shape index (κ1) is 18.7. The summed E-state index contributed by atoms with van der Waals surface area (Å²) in [4.78, 5) is 19.6. The quantitative estimate of drug-likeness (QED) is 0.502. The molecule has 0 atom stereocenters. The molecule has 0 radical (unpaired) electrons. The standard InChI is InChI=1S/C22H22N4O3/c1-15-20-17(22(27)25(2)11-13-28-16-8-5-4-6-9-16)14-18(19-10-7-12-29-19)23-21(20)26(3)24-15/h4-10,12,14H,11,13H2,1-3H3. The van der Waals surface area contributed by atoms with Gasteiger partial charge in [-0.05, 0) is 37.3 Å². The topological polar surface area (TPSA) is 73.4 Å². The van der Waals surface area contributed by atoms with Crippen LogP contribution in [0.4, 0.5) is 0 Å². The lowest BCUT2D eigenvalue weighted by molar-refractivity contribution is 0.0775. The lowest BCUT2D eigenvalue weighted by atomic mass is 10.1. The highest BCUT2D eigenvalue weighted by Crippen LogP contribution is 2.27. The molecule has 1 aromatic carbocycles. The third-order valence-electron chi connectivity index (χ3n) is 4.76. The fourth-order valence-electron chi connectivity index (χ4n) is 3.29. The molecule has 1 amide bonds. The Bertz CT molecular complexity index is 1130. The second kappa shape index (κ2) is 7.79. The molecule has 3 aromatic heterocycles. The molecule has 148 valence electrons. The Hall–Kier alpha value is -3.61. The lowest BCUT2D eigenvalue weighted by Gasteiger charge is -2.18. The zero-order valence-electron chi connectivity index (χ0n) is 16.6. The SMILES string of the molecule is Cc1nn(C)c2nc(-c3ccco3)cc(C(=O)N(C)CCOc3ccccc3)c12. The molecule has 4 rings (SSSR count). The molecular weight excluding hydrogens is 368 g/mol. The maximum absolute atomic E-state index is 13.3. The summed E-state index contributed by atoms with van der Waals surface area (Å²) >= 11 is 0. The summed E-state index contributed by atoms with van der Waals surface area (Å²) < 4.78 is 12.9. The number of hydrogen-bond acceptors (Lipinski definition) is 5. The fourth-order valence-corrected chi connectivity index (χ4v) is 3.29. The van der Waals surface area contributed by atoms with E-state index in [0.29, 0.717) is 35.8 Å². The van der Waals surface area contributed by atoms with Gasteiger partial charge < -0.3 is 14.1 Å². The molecule has 29 heavy (non-hydrogen) atoms. The Kier molecular flexibility index (Phi) is 5.03. The fraction of sp³-hybridized carbons (Fsp3) is 0.227. The number of carbonyl (C=O) groups excluding carboxylic acids is 1. The molecule has 0 unspecified atom stereocenters. The van der Waals surface area contributed by atoms with Gasteiger partial charge in [-0.25, -0.2) is 4.98 Å². The van der Waals surface area contributed by atoms with E-state index < -0.39 is 0 Å². The van der Waals surface area contributed by atoms with Crippen molar-refractivity contribution >= 4 is 16.9 Å². The number of nitrogens with zero attached hydrogens (tertiary/aromatic N) is 4. The second-order valence-electron chi connectivity index (χ2n) is 6.83. The van der Waals surface area contributed by atoms with Crippen LogP contribution in [-0.2, 0) is 7.05 Å². The minimum absolute atomic E-state index is 0.113. The van der Waals surface area contributed by atoms with E-state index in [0.717, 1.165) is 16.8 Å². The molecule has 0 N–H and O–H groups in total. The van der Waals surface area contributed by atoms with Crippen LogP contribution < -0.4 is 4.74 Å². The molecule has 0 saturated carbocycles. The Morgan fingerprint density at radius 2 is 2.00 bits per heavy atom. The predicted octanol–water partition coefficient (Wildman–Crippen LogP) is 3.69. The van der Waals surface area contributed by atoms with Crippen LogP contribution in [0.15, 0.2) is 59.2 Å². The largest absolute Gasteiger partial charge is 0.492 e. The van der Waals surface area contributed by atoms with Gasteiger partial charge in [0.2, 0.25) is 0 Å². The molecule has 7 nitrogen and oxygen atoms in total. The van der Waals surface area contributed by atoms with Gasteiger partial charge in [-0.1, -0.05) is 18.2 Å². The van der Waals surface area contributed by atoms with Crippen molar-refractivity contribution in [3.05, 3.63) is 66.1 Å². The summed E-state index contributed by atoms with van der Waals surface area (Å²) in [6, 6.07) is 14.9. The first-order chi connectivity index (χ1) is 14.0. The zero-order valence-corrected chi connectivity index (χ0v) is 16.6. The molecule has 0 saturated heterocycles. The van der Waals surface area contributed by atoms with Crippen molar-refractivity contribution in [2.75, 3.05) is 20.2 Å². The number of fused-ring (bicyclic) bond motifs is 1. The normalized spacial score (nSPS) is 11.0. The number of pyridine rings is 1. The van der Waals surface area contributed by atoms with Crippen molar-refractivity contribution in [2.24, 2.45) is 7.05 Å². The third kappa shape index (κ3) is 3.71. The van der Waals surface area contributed by atoms with Crippen LogP contribution in [-0.4, -0.2) is 45.8 Å². The first-order valence-electron chi connectivity index (χ1n) is 9.36. The van der Waals surface area contributed by atoms with E-state index in [1.165, 1.54) is 0 Å². The number of rotatable bonds is 6. The number of aryl methyl sites for hydroxylation is 2. The van der Waals surface area contributed by atoms with E-state index in [1.807, 2.05) is 50.4 Å². The maximum Gasteiger partial charge on any atom is 0.254 e. The third-order valence-corrected chi connectivity index (χ3v) is 4.76. The van der Waals surface area contributed by atoms with Gasteiger partial charge in [0.05, 0.1) is 29.5 Å². The summed E-state index contributed by atoms with van der Waals surface area (Å²) in [6.07, 6.45) is 1.59. The molecule has 0 bridgehead atoms. The molecular formula is C22H22N4O3. The van der Waals surface area contributed by atoms with Gasteiger partial charge in [0.25, 0.3) is 5.91 Å². The highest BCUT2D eigenvalue weighted by atomic mass is 16.5. The molecule has 0 aliphatic carbocycles. The van der Waals surface area contributed by atoms with Crippen LogP contribution in [0.2, 0.25) is 0 Å². The highest BCUT2D eigenvalue weighted by molar-refractivity contribution is 6.07. The minimum Gasteiger partial charge on any atom is -0.492 e. The van der Waals surface area contributed by atoms with Crippen molar-refractivity contribution in [1.82, 2.24) is 19.7 Å². The van der Waals surface area contributed by atoms with Crippen LogP contribution in [0.1, 0.15) is 16.1 Å². The van der Waals surface area contributed by atoms with Crippen LogP contribution in [0, 0.1) is 6.92 Å². The van der Waals surface area contributed by atoms with Gasteiger partial charge in [-0.2, -0.15) is 5.10 Å². The van der Waals surface area contributed by atoms with Crippen molar-refractivity contribution in [3.8, 4) is 17.2 Å². The smallest absolute Gasteiger partial charge is 0.254 e. The molecule has 0 fully saturated rings. The number of furan rings is 1. The molecule has 0 aliphatic heterocycles. The van der Waals surface area contributed by atoms with Crippen molar-refractivity contribution < 1.29 is 13.9 Å². The van der Waals surface area contributed by atoms with Crippen LogP contribution in [0.3, 0.4) is 0 Å². The summed E-state index contributed by atoms with van der Waals surface area (Å²) in [5.41, 5.74) is 2.56. The van der Waals surface area contributed by atoms with Gasteiger partial charge in [-0.15, -0.1) is 0 Å². The van der Waals surface area contributed by atoms with Gasteiger partial charge in [-0.3, -0.25) is 9.48 Å². The molecule has 7 heteroatoms. The van der Waals surface area contributed by atoms with E-state index >= 15 is 0 Å². The lowest BCUT2D eigenvalue weighted by Crippen LogP contribution is -2.31. The van der Waals surface area contributed by atoms with E-state index in [1.54, 1.807) is 35.0 Å². The van der Waals surface area contributed by atoms with Crippen LogP contribution in [0.5, 0.6) is 5.75 Å². The van der Waals surface area contributed by atoms with Gasteiger partial charge in [0, 0.05) is 14.1 Å². The Morgan fingerprint density at radius 3 is 2.72 bits per heavy atom. The number of hydrogen-bond donors (Lipinski definition) is 0. The Labute approximate surface area is 168 Å². The van der Waals surface area contributed by atoms with Gasteiger partial charge >= 0.3 is 0 Å². The number of carbonyl (C=O) groups is 1. The van der Waals surface area contributed by atoms with E-state index in [9.17, 15) is 4.79 Å². The number of aromatic nitrogens is 3. The van der Waals surface area contributed by atoms with E-state index in [2.05, 4.69) is 10.1 Å². The van der Waals surface area contributed by atoms with Crippen molar-refractivity contribution in [1.29, 1.82) is 0 Å². The van der Waals surface area contributed by atoms with E-state index in [4.69, 9.17) is 9.15 Å². The highest BCUT2D eigenvalue weighted by Gasteiger charge is 2.22. The molecule has 0 spiro atoms. The Balaban J connectivity index is 1.62. The van der Waals surface area contributed by atoms with Gasteiger partial charge in [0.1, 0.15) is 18.1 Å². The number of para-hydroxylation sites is 1. The monoisotopic (exact) mass is 390 g/mol. The van der Waals surface area contributed by atoms with Crippen molar-refractivity contribution in [3.63, 3.8) is 0 Å². The predicted molar refractivity (Wildman–Crippen MR) is 110 cm³/mol. The summed E-state index contributed by atoms with van der Waals surface area (Å²) in [6.45, 7) is 2.73. The van der Waals surface area contributed by atoms with E-state index in [-0.39, 0.29) is 5.91 Å².